The maximum Gasteiger partial charge on any atom is 0.337 e. The maximum absolute atomic E-state index is 13.6. The van der Waals surface area contributed by atoms with Crippen molar-refractivity contribution in [3.05, 3.63) is 93.1 Å². The van der Waals surface area contributed by atoms with Gasteiger partial charge >= 0.3 is 5.97 Å². The van der Waals surface area contributed by atoms with E-state index in [2.05, 4.69) is 41.3 Å². The van der Waals surface area contributed by atoms with Gasteiger partial charge in [0.1, 0.15) is 11.3 Å². The van der Waals surface area contributed by atoms with Crippen molar-refractivity contribution in [2.24, 2.45) is 0 Å². The van der Waals surface area contributed by atoms with E-state index in [1.54, 1.807) is 24.3 Å². The molecule has 5 rings (SSSR count). The van der Waals surface area contributed by atoms with Crippen LogP contribution in [0.2, 0.25) is 0 Å². The fraction of sp³-hybridized carbons (Fsp3) is 0.333. The molecule has 0 aliphatic carbocycles. The van der Waals surface area contributed by atoms with Gasteiger partial charge in [-0.1, -0.05) is 18.2 Å². The molecule has 1 saturated heterocycles. The summed E-state index contributed by atoms with van der Waals surface area (Å²) in [6, 6.07) is 19.3. The fourth-order valence-corrected chi connectivity index (χ4v) is 5.74. The number of carboxylic acids is 1. The summed E-state index contributed by atoms with van der Waals surface area (Å²) in [6.07, 6.45) is 2.28. The van der Waals surface area contributed by atoms with Gasteiger partial charge in [-0.05, 0) is 95.7 Å². The average molecular weight is 540 g/mol. The molecule has 1 fully saturated rings. The van der Waals surface area contributed by atoms with Gasteiger partial charge in [0.05, 0.1) is 17.0 Å². The van der Waals surface area contributed by atoms with Crippen LogP contribution in [0, 0.1) is 13.8 Å². The minimum atomic E-state index is -1.00. The van der Waals surface area contributed by atoms with E-state index in [9.17, 15) is 14.7 Å². The number of aromatic carboxylic acids is 1. The molecule has 0 unspecified atom stereocenters. The molecule has 7 heteroatoms. The van der Waals surface area contributed by atoms with Crippen molar-refractivity contribution in [2.45, 2.75) is 45.7 Å². The van der Waals surface area contributed by atoms with Crippen LogP contribution in [-0.2, 0) is 0 Å². The molecule has 1 atom stereocenters. The molecule has 0 spiro atoms. The third-order valence-corrected chi connectivity index (χ3v) is 8.08. The van der Waals surface area contributed by atoms with Gasteiger partial charge in [0.25, 0.3) is 0 Å². The maximum atomic E-state index is 13.6. The van der Waals surface area contributed by atoms with Gasteiger partial charge in [-0.3, -0.25) is 4.79 Å². The highest BCUT2D eigenvalue weighted by Crippen LogP contribution is 2.33. The molecule has 0 radical (unpaired) electrons. The minimum Gasteiger partial charge on any atom is -0.478 e. The van der Waals surface area contributed by atoms with Gasteiger partial charge in [-0.2, -0.15) is 0 Å². The number of nitrogens with one attached hydrogen (secondary N) is 1. The van der Waals surface area contributed by atoms with Crippen molar-refractivity contribution >= 4 is 28.3 Å². The zero-order valence-corrected chi connectivity index (χ0v) is 23.8. The number of para-hydroxylation sites is 1. The number of rotatable bonds is 7. The second-order valence-corrected chi connectivity index (χ2v) is 11.1. The standard InChI is InChI=1S/C33H37N3O4/c1-20-18-27(22(3)34-29-9-7-6-8-26(29)33(38)39)32-28(19-20)30(37)21(2)31(40-32)23-10-12-25(13-11-23)36-16-14-24(15-17-36)35(4)5/h6-13,18-19,22,24,34H,14-17H2,1-5H3,(H,38,39)/t22-/m1/s1. The number of nitrogens with zero attached hydrogens (tertiary/aromatic N) is 2. The van der Waals surface area contributed by atoms with Crippen molar-refractivity contribution in [3.8, 4) is 11.3 Å². The first-order chi connectivity index (χ1) is 19.1. The summed E-state index contributed by atoms with van der Waals surface area (Å²) in [6.45, 7) is 7.74. The summed E-state index contributed by atoms with van der Waals surface area (Å²) in [5, 5.41) is 13.5. The van der Waals surface area contributed by atoms with Crippen molar-refractivity contribution in [1.29, 1.82) is 0 Å². The Kier molecular flexibility index (Phi) is 7.68. The highest BCUT2D eigenvalue weighted by atomic mass is 16.4. The zero-order chi connectivity index (χ0) is 28.6. The van der Waals surface area contributed by atoms with Gasteiger partial charge in [0, 0.05) is 47.2 Å². The van der Waals surface area contributed by atoms with Crippen LogP contribution < -0.4 is 15.6 Å². The monoisotopic (exact) mass is 539 g/mol. The molecule has 208 valence electrons. The van der Waals surface area contributed by atoms with E-state index in [4.69, 9.17) is 4.42 Å². The number of benzene rings is 3. The number of hydrogen-bond donors (Lipinski definition) is 2. The molecule has 40 heavy (non-hydrogen) atoms. The van der Waals surface area contributed by atoms with Crippen LogP contribution in [0.5, 0.6) is 0 Å². The Morgan fingerprint density at radius 1 is 1.05 bits per heavy atom. The van der Waals surface area contributed by atoms with Crippen molar-refractivity contribution in [1.82, 2.24) is 4.90 Å². The second-order valence-electron chi connectivity index (χ2n) is 11.1. The lowest BCUT2D eigenvalue weighted by Crippen LogP contribution is -2.41. The lowest BCUT2D eigenvalue weighted by molar-refractivity contribution is 0.0698. The first-order valence-corrected chi connectivity index (χ1v) is 13.8. The van der Waals surface area contributed by atoms with Gasteiger partial charge in [-0.15, -0.1) is 0 Å². The Balaban J connectivity index is 1.50. The normalized spacial score (nSPS) is 15.0. The number of carbonyl (C=O) groups is 1. The number of piperidine rings is 1. The van der Waals surface area contributed by atoms with Crippen LogP contribution in [0.1, 0.15) is 52.9 Å². The number of hydrogen-bond acceptors (Lipinski definition) is 6. The van der Waals surface area contributed by atoms with E-state index in [-0.39, 0.29) is 17.0 Å². The molecule has 2 heterocycles. The van der Waals surface area contributed by atoms with Crippen molar-refractivity contribution in [2.75, 3.05) is 37.4 Å². The first kappa shape index (κ1) is 27.5. The Hall–Kier alpha value is -4.10. The van der Waals surface area contributed by atoms with E-state index >= 15 is 0 Å². The molecule has 3 aromatic carbocycles. The van der Waals surface area contributed by atoms with Crippen LogP contribution in [0.4, 0.5) is 11.4 Å². The zero-order valence-electron chi connectivity index (χ0n) is 23.8. The van der Waals surface area contributed by atoms with E-state index in [0.29, 0.717) is 34.0 Å². The number of aryl methyl sites for hydroxylation is 1. The van der Waals surface area contributed by atoms with Gasteiger partial charge in [0.2, 0.25) is 0 Å². The van der Waals surface area contributed by atoms with E-state index < -0.39 is 5.97 Å². The predicted octanol–water partition coefficient (Wildman–Crippen LogP) is 6.48. The Morgan fingerprint density at radius 2 is 1.73 bits per heavy atom. The molecule has 7 nitrogen and oxygen atoms in total. The molecule has 4 aromatic rings. The third-order valence-electron chi connectivity index (χ3n) is 8.08. The summed E-state index contributed by atoms with van der Waals surface area (Å²) < 4.78 is 6.53. The van der Waals surface area contributed by atoms with Crippen LogP contribution in [-0.4, -0.2) is 49.2 Å². The summed E-state index contributed by atoms with van der Waals surface area (Å²) in [5.41, 5.74) is 5.49. The Morgan fingerprint density at radius 3 is 2.38 bits per heavy atom. The largest absolute Gasteiger partial charge is 0.478 e. The summed E-state index contributed by atoms with van der Waals surface area (Å²) >= 11 is 0. The number of fused-ring (bicyclic) bond motifs is 1. The van der Waals surface area contributed by atoms with E-state index in [1.807, 2.05) is 45.0 Å². The van der Waals surface area contributed by atoms with E-state index in [1.165, 1.54) is 5.69 Å². The lowest BCUT2D eigenvalue weighted by Gasteiger charge is -2.36. The van der Waals surface area contributed by atoms with Gasteiger partial charge in [-0.25, -0.2) is 4.79 Å². The van der Waals surface area contributed by atoms with Crippen molar-refractivity contribution in [3.63, 3.8) is 0 Å². The van der Waals surface area contributed by atoms with Gasteiger partial charge < -0.3 is 24.6 Å². The predicted molar refractivity (Wildman–Crippen MR) is 162 cm³/mol. The minimum absolute atomic E-state index is 0.0610. The van der Waals surface area contributed by atoms with Gasteiger partial charge in [0.15, 0.2) is 5.43 Å². The topological polar surface area (TPSA) is 86.0 Å². The van der Waals surface area contributed by atoms with E-state index in [0.717, 1.165) is 42.6 Å². The molecular weight excluding hydrogens is 502 g/mol. The Labute approximate surface area is 235 Å². The molecule has 0 saturated carbocycles. The molecule has 0 amide bonds. The SMILES string of the molecule is Cc1cc([C@@H](C)Nc2ccccc2C(=O)O)c2oc(-c3ccc(N4CCC(N(C)C)CC4)cc3)c(C)c(=O)c2c1. The quantitative estimate of drug-likeness (QED) is 0.278. The molecule has 1 aliphatic rings. The fourth-order valence-electron chi connectivity index (χ4n) is 5.74. The molecule has 0 bridgehead atoms. The third kappa shape index (κ3) is 5.34. The van der Waals surface area contributed by atoms with Crippen LogP contribution in [0.25, 0.3) is 22.3 Å². The molecule has 1 aliphatic heterocycles. The number of anilines is 2. The lowest BCUT2D eigenvalue weighted by atomic mass is 9.98. The van der Waals surface area contributed by atoms with Crippen molar-refractivity contribution < 1.29 is 14.3 Å². The van der Waals surface area contributed by atoms with Crippen LogP contribution in [0.15, 0.2) is 69.9 Å². The van der Waals surface area contributed by atoms with Crippen LogP contribution in [0.3, 0.4) is 0 Å². The summed E-state index contributed by atoms with van der Waals surface area (Å²) in [7, 11) is 4.29. The first-order valence-electron chi connectivity index (χ1n) is 13.8. The highest BCUT2D eigenvalue weighted by Gasteiger charge is 2.22. The molecule has 2 N–H and O–H groups in total. The average Bonchev–Trinajstić information content (AvgIpc) is 2.95. The molecular formula is C33H37N3O4. The summed E-state index contributed by atoms with van der Waals surface area (Å²) in [5.74, 6) is -0.446. The molecule has 1 aromatic heterocycles. The second kappa shape index (κ2) is 11.2. The highest BCUT2D eigenvalue weighted by molar-refractivity contribution is 5.94. The Bertz CT molecular complexity index is 1600. The van der Waals surface area contributed by atoms with Crippen LogP contribution >= 0.6 is 0 Å². The summed E-state index contributed by atoms with van der Waals surface area (Å²) in [4.78, 5) is 30.1. The number of carboxylic acid groups (broad SMARTS) is 1. The smallest absolute Gasteiger partial charge is 0.337 e.